The van der Waals surface area contributed by atoms with Crippen LogP contribution in [0.1, 0.15) is 50.7 Å². The Labute approximate surface area is 300 Å². The molecule has 0 aliphatic carbocycles. The van der Waals surface area contributed by atoms with Crippen LogP contribution in [0.2, 0.25) is 0 Å². The molecule has 248 valence electrons. The van der Waals surface area contributed by atoms with Gasteiger partial charge in [-0.1, -0.05) is 214 Å². The van der Waals surface area contributed by atoms with E-state index in [1.54, 1.807) is 0 Å². The van der Waals surface area contributed by atoms with E-state index < -0.39 is 8.07 Å². The Morgan fingerprint density at radius 1 is 0.500 bits per heavy atom. The fourth-order valence-electron chi connectivity index (χ4n) is 6.99. The van der Waals surface area contributed by atoms with Gasteiger partial charge in [-0.15, -0.1) is 0 Å². The summed E-state index contributed by atoms with van der Waals surface area (Å²) < 4.78 is 2.27. The van der Waals surface area contributed by atoms with Crippen LogP contribution in [0, 0.1) is 0 Å². The van der Waals surface area contributed by atoms with E-state index >= 15 is 0 Å². The van der Waals surface area contributed by atoms with Crippen molar-refractivity contribution in [1.82, 2.24) is 9.55 Å². The third-order valence-electron chi connectivity index (χ3n) is 9.74. The summed E-state index contributed by atoms with van der Waals surface area (Å²) in [7, 11) is -2.36. The van der Waals surface area contributed by atoms with Gasteiger partial charge in [-0.25, -0.2) is 4.98 Å². The number of imidazole rings is 1. The van der Waals surface area contributed by atoms with E-state index in [4.69, 9.17) is 0 Å². The SMILES string of the molecule is CC(C)c1cccc([Si](Cn2ccnc2)(c2ccccc2)c2cccc(C(C)C)c2)c1.c1ccc(B(c2ccccc2)c2ccccc2)cc1. The largest absolute Gasteiger partial charge is 0.339 e. The third kappa shape index (κ3) is 7.99. The van der Waals surface area contributed by atoms with E-state index in [0.717, 1.165) is 6.17 Å². The van der Waals surface area contributed by atoms with Crippen LogP contribution in [0.3, 0.4) is 0 Å². The first-order valence-electron chi connectivity index (χ1n) is 17.8. The van der Waals surface area contributed by atoms with Gasteiger partial charge in [0.2, 0.25) is 6.71 Å². The maximum absolute atomic E-state index is 4.36. The van der Waals surface area contributed by atoms with Crippen LogP contribution in [0.4, 0.5) is 0 Å². The van der Waals surface area contributed by atoms with Crippen molar-refractivity contribution in [2.24, 2.45) is 0 Å². The molecule has 0 unspecified atom stereocenters. The highest BCUT2D eigenvalue weighted by Crippen LogP contribution is 2.19. The maximum atomic E-state index is 4.36. The molecular formula is C46H47BN2Si. The summed E-state index contributed by atoms with van der Waals surface area (Å²) in [5.41, 5.74) is 6.80. The fraction of sp³-hybridized carbons (Fsp3) is 0.152. The molecule has 0 aliphatic rings. The topological polar surface area (TPSA) is 17.8 Å². The van der Waals surface area contributed by atoms with Crippen molar-refractivity contribution in [3.63, 3.8) is 0 Å². The highest BCUT2D eigenvalue weighted by Gasteiger charge is 2.40. The Hall–Kier alpha value is -5.19. The lowest BCUT2D eigenvalue weighted by atomic mass is 9.37. The summed E-state index contributed by atoms with van der Waals surface area (Å²) in [6, 6.07) is 61.8. The number of nitrogens with zero attached hydrogens (tertiary/aromatic N) is 2. The van der Waals surface area contributed by atoms with Crippen molar-refractivity contribution in [1.29, 1.82) is 0 Å². The molecule has 7 aromatic rings. The van der Waals surface area contributed by atoms with Gasteiger partial charge in [-0.2, -0.15) is 0 Å². The zero-order chi connectivity index (χ0) is 34.8. The van der Waals surface area contributed by atoms with E-state index in [2.05, 4.69) is 213 Å². The molecule has 0 atom stereocenters. The summed E-state index contributed by atoms with van der Waals surface area (Å²) >= 11 is 0. The number of rotatable bonds is 10. The van der Waals surface area contributed by atoms with Crippen molar-refractivity contribution in [2.45, 2.75) is 45.7 Å². The molecule has 0 radical (unpaired) electrons. The molecule has 1 heterocycles. The van der Waals surface area contributed by atoms with Crippen molar-refractivity contribution < 1.29 is 0 Å². The van der Waals surface area contributed by atoms with Gasteiger partial charge in [0.25, 0.3) is 0 Å². The van der Waals surface area contributed by atoms with E-state index in [-0.39, 0.29) is 0 Å². The fourth-order valence-corrected chi connectivity index (χ4v) is 11.6. The zero-order valence-electron chi connectivity index (χ0n) is 29.7. The number of hydrogen-bond acceptors (Lipinski definition) is 1. The van der Waals surface area contributed by atoms with Gasteiger partial charge in [0, 0.05) is 18.6 Å². The van der Waals surface area contributed by atoms with Gasteiger partial charge in [0.05, 0.1) is 6.33 Å². The minimum absolute atomic E-state index is 0.309. The predicted octanol–water partition coefficient (Wildman–Crippen LogP) is 7.04. The molecule has 2 nitrogen and oxygen atoms in total. The molecule has 0 amide bonds. The first kappa shape index (κ1) is 34.7. The minimum Gasteiger partial charge on any atom is -0.339 e. The number of benzene rings is 6. The molecule has 0 N–H and O–H groups in total. The highest BCUT2D eigenvalue weighted by atomic mass is 28.3. The second-order valence-corrected chi connectivity index (χ2v) is 17.6. The summed E-state index contributed by atoms with van der Waals surface area (Å²) in [5.74, 6) is 0.996. The lowest BCUT2D eigenvalue weighted by Crippen LogP contribution is -2.69. The van der Waals surface area contributed by atoms with Crippen molar-refractivity contribution in [3.8, 4) is 0 Å². The summed E-state index contributed by atoms with van der Waals surface area (Å²) in [4.78, 5) is 4.36. The maximum Gasteiger partial charge on any atom is 0.241 e. The molecule has 4 heteroatoms. The van der Waals surface area contributed by atoms with Crippen molar-refractivity contribution >= 4 is 46.7 Å². The molecule has 0 saturated heterocycles. The van der Waals surface area contributed by atoms with E-state index in [1.165, 1.54) is 43.1 Å². The van der Waals surface area contributed by atoms with E-state index in [9.17, 15) is 0 Å². The Kier molecular flexibility index (Phi) is 11.4. The summed E-state index contributed by atoms with van der Waals surface area (Å²) in [5, 5.41) is 4.35. The molecule has 0 spiro atoms. The smallest absolute Gasteiger partial charge is 0.241 e. The third-order valence-corrected chi connectivity index (χ3v) is 14.5. The number of hydrogen-bond donors (Lipinski definition) is 0. The van der Waals surface area contributed by atoms with Crippen LogP contribution in [-0.2, 0) is 6.17 Å². The van der Waals surface area contributed by atoms with Gasteiger partial charge in [0.15, 0.2) is 8.07 Å². The standard InChI is InChI=1S/C28H32N2Si.C18H15B/c1-22(2)24-10-8-14-27(18-24)31(21-30-17-16-29-20-30,26-12-6-5-7-13-26)28-15-9-11-25(19-28)23(3)4;1-4-10-16(11-5-1)19(17-12-6-2-7-13-17)18-14-8-3-9-15-18/h5-20,22-23H,21H2,1-4H3;1-15H. The van der Waals surface area contributed by atoms with Crippen LogP contribution in [0.5, 0.6) is 0 Å². The Morgan fingerprint density at radius 2 is 0.900 bits per heavy atom. The van der Waals surface area contributed by atoms with Gasteiger partial charge in [0.1, 0.15) is 0 Å². The molecular weight excluding hydrogens is 619 g/mol. The molecule has 1 aromatic heterocycles. The van der Waals surface area contributed by atoms with Gasteiger partial charge in [-0.05, 0) is 38.5 Å². The van der Waals surface area contributed by atoms with Crippen LogP contribution in [-0.4, -0.2) is 24.3 Å². The van der Waals surface area contributed by atoms with Crippen LogP contribution in [0.25, 0.3) is 0 Å². The average molecular weight is 667 g/mol. The molecule has 0 saturated carbocycles. The van der Waals surface area contributed by atoms with Crippen molar-refractivity contribution in [2.75, 3.05) is 0 Å². The van der Waals surface area contributed by atoms with Crippen LogP contribution in [0.15, 0.2) is 189 Å². The molecule has 0 fully saturated rings. The second-order valence-electron chi connectivity index (χ2n) is 13.7. The number of aromatic nitrogens is 2. The van der Waals surface area contributed by atoms with Crippen LogP contribution < -0.4 is 31.9 Å². The summed E-state index contributed by atoms with van der Waals surface area (Å²) in [6.07, 6.45) is 6.88. The van der Waals surface area contributed by atoms with Gasteiger partial charge < -0.3 is 4.57 Å². The Bertz CT molecular complexity index is 1880. The predicted molar refractivity (Wildman–Crippen MR) is 218 cm³/mol. The Balaban J connectivity index is 0.000000194. The molecule has 7 rings (SSSR count). The molecule has 0 bridgehead atoms. The molecule has 50 heavy (non-hydrogen) atoms. The second kappa shape index (κ2) is 16.5. The first-order valence-corrected chi connectivity index (χ1v) is 20.0. The monoisotopic (exact) mass is 666 g/mol. The molecule has 0 aliphatic heterocycles. The Morgan fingerprint density at radius 3 is 1.28 bits per heavy atom. The average Bonchev–Trinajstić information content (AvgIpc) is 3.69. The van der Waals surface area contributed by atoms with Crippen molar-refractivity contribution in [3.05, 3.63) is 200 Å². The van der Waals surface area contributed by atoms with Gasteiger partial charge >= 0.3 is 0 Å². The minimum atomic E-state index is -2.36. The lowest BCUT2D eigenvalue weighted by molar-refractivity contribution is 0.856. The normalized spacial score (nSPS) is 11.2. The first-order chi connectivity index (χ1) is 24.5. The molecule has 6 aromatic carbocycles. The highest BCUT2D eigenvalue weighted by molar-refractivity contribution is 7.10. The summed E-state index contributed by atoms with van der Waals surface area (Å²) in [6.45, 7) is 9.42. The lowest BCUT2D eigenvalue weighted by Gasteiger charge is -2.35. The quantitative estimate of drug-likeness (QED) is 0.113. The van der Waals surface area contributed by atoms with E-state index in [0.29, 0.717) is 18.5 Å². The van der Waals surface area contributed by atoms with Crippen LogP contribution >= 0.6 is 0 Å². The zero-order valence-corrected chi connectivity index (χ0v) is 30.7. The van der Waals surface area contributed by atoms with Gasteiger partial charge in [-0.3, -0.25) is 0 Å². The van der Waals surface area contributed by atoms with E-state index in [1.807, 2.05) is 12.5 Å².